The van der Waals surface area contributed by atoms with Gasteiger partial charge in [0.15, 0.2) is 0 Å². The predicted octanol–water partition coefficient (Wildman–Crippen LogP) is 2.08. The number of benzene rings is 1. The molecule has 1 aromatic carbocycles. The average Bonchev–Trinajstić information content (AvgIpc) is 2.37. The van der Waals surface area contributed by atoms with E-state index in [2.05, 4.69) is 5.32 Å². The van der Waals surface area contributed by atoms with Crippen LogP contribution in [0.4, 0.5) is 14.5 Å². The summed E-state index contributed by atoms with van der Waals surface area (Å²) in [4.78, 5) is 13.1. The normalized spacial score (nSPS) is 12.3. The summed E-state index contributed by atoms with van der Waals surface area (Å²) in [5, 5.41) is 11.3. The highest BCUT2D eigenvalue weighted by Crippen LogP contribution is 2.11. The molecule has 0 saturated heterocycles. The molecule has 1 atom stereocenters. The van der Waals surface area contributed by atoms with E-state index in [1.165, 1.54) is 18.0 Å². The molecule has 0 bridgehead atoms. The number of hydrogen-bond donors (Lipinski definition) is 1. The fourth-order valence-corrected chi connectivity index (χ4v) is 1.49. The highest BCUT2D eigenvalue weighted by molar-refractivity contribution is 5.94. The Balaban J connectivity index is 2.66. The van der Waals surface area contributed by atoms with Crippen LogP contribution in [0.5, 0.6) is 0 Å². The van der Waals surface area contributed by atoms with Gasteiger partial charge < -0.3 is 5.32 Å². The first kappa shape index (κ1) is 15.1. The van der Waals surface area contributed by atoms with E-state index < -0.39 is 24.9 Å². The Hall–Kier alpha value is -2.00. The van der Waals surface area contributed by atoms with Gasteiger partial charge in [0, 0.05) is 5.69 Å². The lowest BCUT2D eigenvalue weighted by Gasteiger charge is -2.23. The Morgan fingerprint density at radius 2 is 2.21 bits per heavy atom. The number of carbonyl (C=O) groups is 1. The lowest BCUT2D eigenvalue weighted by molar-refractivity contribution is -0.120. The Morgan fingerprint density at radius 1 is 1.53 bits per heavy atom. The number of rotatable bonds is 5. The second kappa shape index (κ2) is 6.81. The van der Waals surface area contributed by atoms with Gasteiger partial charge in [-0.1, -0.05) is 6.07 Å². The standard InChI is InChI=1S/C13H15F2N3O/c1-9(18(2)8-12(14)15)13(19)17-11-5-3-4-10(6-11)7-16/h3-6,9,12H,8H2,1-2H3,(H,17,19). The van der Waals surface area contributed by atoms with Gasteiger partial charge in [-0.15, -0.1) is 0 Å². The summed E-state index contributed by atoms with van der Waals surface area (Å²) in [6, 6.07) is 7.69. The van der Waals surface area contributed by atoms with E-state index in [9.17, 15) is 13.6 Å². The van der Waals surface area contributed by atoms with Gasteiger partial charge in [0.2, 0.25) is 5.91 Å². The van der Waals surface area contributed by atoms with Crippen LogP contribution in [0.15, 0.2) is 24.3 Å². The summed E-state index contributed by atoms with van der Waals surface area (Å²) in [7, 11) is 1.46. The van der Waals surface area contributed by atoms with Crippen molar-refractivity contribution < 1.29 is 13.6 Å². The molecule has 102 valence electrons. The number of likely N-dealkylation sites (N-methyl/N-ethyl adjacent to an activating group) is 1. The lowest BCUT2D eigenvalue weighted by atomic mass is 10.2. The third-order valence-corrected chi connectivity index (χ3v) is 2.73. The highest BCUT2D eigenvalue weighted by atomic mass is 19.3. The molecule has 1 unspecified atom stereocenters. The zero-order valence-electron chi connectivity index (χ0n) is 10.7. The van der Waals surface area contributed by atoms with E-state index in [1.54, 1.807) is 25.1 Å². The number of amides is 1. The van der Waals surface area contributed by atoms with Gasteiger partial charge >= 0.3 is 0 Å². The number of nitrogens with zero attached hydrogens (tertiary/aromatic N) is 2. The summed E-state index contributed by atoms with van der Waals surface area (Å²) < 4.78 is 24.5. The predicted molar refractivity (Wildman–Crippen MR) is 67.9 cm³/mol. The number of hydrogen-bond acceptors (Lipinski definition) is 3. The van der Waals surface area contributed by atoms with E-state index in [1.807, 2.05) is 6.07 Å². The molecule has 1 N–H and O–H groups in total. The molecular weight excluding hydrogens is 252 g/mol. The molecule has 0 aliphatic carbocycles. The van der Waals surface area contributed by atoms with Crippen molar-refractivity contribution in [2.45, 2.75) is 19.4 Å². The molecular formula is C13H15F2N3O. The maximum Gasteiger partial charge on any atom is 0.251 e. The van der Waals surface area contributed by atoms with Crippen molar-refractivity contribution >= 4 is 11.6 Å². The zero-order chi connectivity index (χ0) is 14.4. The monoisotopic (exact) mass is 267 g/mol. The van der Waals surface area contributed by atoms with Gasteiger partial charge in [0.25, 0.3) is 6.43 Å². The minimum atomic E-state index is -2.48. The highest BCUT2D eigenvalue weighted by Gasteiger charge is 2.20. The molecule has 0 aliphatic rings. The van der Waals surface area contributed by atoms with Gasteiger partial charge in [0.05, 0.1) is 24.2 Å². The van der Waals surface area contributed by atoms with Crippen LogP contribution in [-0.4, -0.2) is 36.9 Å². The van der Waals surface area contributed by atoms with Crippen LogP contribution < -0.4 is 5.32 Å². The molecule has 0 aromatic heterocycles. The maximum absolute atomic E-state index is 12.2. The van der Waals surface area contributed by atoms with Gasteiger partial charge in [0.1, 0.15) is 0 Å². The first-order chi connectivity index (χ1) is 8.93. The van der Waals surface area contributed by atoms with Crippen molar-refractivity contribution in [3.05, 3.63) is 29.8 Å². The summed E-state index contributed by atoms with van der Waals surface area (Å²) in [6.45, 7) is 1.08. The van der Waals surface area contributed by atoms with Gasteiger partial charge in [-0.2, -0.15) is 5.26 Å². The third-order valence-electron chi connectivity index (χ3n) is 2.73. The van der Waals surface area contributed by atoms with Crippen LogP contribution in [0.3, 0.4) is 0 Å². The molecule has 1 amide bonds. The SMILES string of the molecule is CC(C(=O)Nc1cccc(C#N)c1)N(C)CC(F)F. The van der Waals surface area contributed by atoms with Crippen molar-refractivity contribution in [1.29, 1.82) is 5.26 Å². The molecule has 4 nitrogen and oxygen atoms in total. The molecule has 0 spiro atoms. The number of halogens is 2. The molecule has 1 rings (SSSR count). The largest absolute Gasteiger partial charge is 0.325 e. The Kier molecular flexibility index (Phi) is 5.39. The van der Waals surface area contributed by atoms with Gasteiger partial charge in [-0.25, -0.2) is 8.78 Å². The summed E-state index contributed by atoms with van der Waals surface area (Å²) in [6.07, 6.45) is -2.48. The zero-order valence-corrected chi connectivity index (χ0v) is 10.7. The number of nitriles is 1. The second-order valence-corrected chi connectivity index (χ2v) is 4.19. The lowest BCUT2D eigenvalue weighted by Crippen LogP contribution is -2.41. The van der Waals surface area contributed by atoms with E-state index >= 15 is 0 Å². The third kappa shape index (κ3) is 4.64. The molecule has 0 fully saturated rings. The van der Waals surface area contributed by atoms with Crippen LogP contribution >= 0.6 is 0 Å². The molecule has 6 heteroatoms. The average molecular weight is 267 g/mol. The number of nitrogens with one attached hydrogen (secondary N) is 1. The van der Waals surface area contributed by atoms with Crippen molar-refractivity contribution in [2.75, 3.05) is 18.9 Å². The van der Waals surface area contributed by atoms with Crippen LogP contribution in [0, 0.1) is 11.3 Å². The number of alkyl halides is 2. The summed E-state index contributed by atoms with van der Waals surface area (Å²) in [5.41, 5.74) is 0.896. The van der Waals surface area contributed by atoms with Crippen LogP contribution in [0.25, 0.3) is 0 Å². The van der Waals surface area contributed by atoms with Crippen LogP contribution in [-0.2, 0) is 4.79 Å². The molecule has 19 heavy (non-hydrogen) atoms. The quantitative estimate of drug-likeness (QED) is 0.888. The first-order valence-corrected chi connectivity index (χ1v) is 5.73. The first-order valence-electron chi connectivity index (χ1n) is 5.73. The van der Waals surface area contributed by atoms with Gasteiger partial charge in [-0.3, -0.25) is 9.69 Å². The van der Waals surface area contributed by atoms with Crippen LogP contribution in [0.2, 0.25) is 0 Å². The molecule has 0 heterocycles. The van der Waals surface area contributed by atoms with Crippen molar-refractivity contribution in [2.24, 2.45) is 0 Å². The number of carbonyl (C=O) groups excluding carboxylic acids is 1. The van der Waals surface area contributed by atoms with E-state index in [4.69, 9.17) is 5.26 Å². The van der Waals surface area contributed by atoms with Gasteiger partial charge in [-0.05, 0) is 32.2 Å². The fraction of sp³-hybridized carbons (Fsp3) is 0.385. The van der Waals surface area contributed by atoms with Crippen molar-refractivity contribution in [1.82, 2.24) is 4.90 Å². The fourth-order valence-electron chi connectivity index (χ4n) is 1.49. The Bertz CT molecular complexity index is 485. The second-order valence-electron chi connectivity index (χ2n) is 4.19. The van der Waals surface area contributed by atoms with E-state index in [0.29, 0.717) is 11.3 Å². The van der Waals surface area contributed by atoms with E-state index in [0.717, 1.165) is 0 Å². The smallest absolute Gasteiger partial charge is 0.251 e. The minimum Gasteiger partial charge on any atom is -0.325 e. The molecule has 0 radical (unpaired) electrons. The molecule has 0 saturated carbocycles. The molecule has 1 aromatic rings. The molecule has 0 aliphatic heterocycles. The maximum atomic E-state index is 12.2. The van der Waals surface area contributed by atoms with Crippen LogP contribution in [0.1, 0.15) is 12.5 Å². The van der Waals surface area contributed by atoms with E-state index in [-0.39, 0.29) is 0 Å². The minimum absolute atomic E-state index is 0.391. The Labute approximate surface area is 110 Å². The topological polar surface area (TPSA) is 56.1 Å². The summed E-state index contributed by atoms with van der Waals surface area (Å²) >= 11 is 0. The summed E-state index contributed by atoms with van der Waals surface area (Å²) in [5.74, 6) is -0.391. The number of anilines is 1. The van der Waals surface area contributed by atoms with Crippen molar-refractivity contribution in [3.8, 4) is 6.07 Å². The Morgan fingerprint density at radius 3 is 2.79 bits per heavy atom. The van der Waals surface area contributed by atoms with Crippen molar-refractivity contribution in [3.63, 3.8) is 0 Å².